The molecule has 1 aliphatic heterocycles. The zero-order valence-electron chi connectivity index (χ0n) is 14.4. The second-order valence-corrected chi connectivity index (χ2v) is 6.49. The van der Waals surface area contributed by atoms with Crippen LogP contribution in [0.4, 0.5) is 5.69 Å². The smallest absolute Gasteiger partial charge is 0.295 e. The molecule has 6 heteroatoms. The van der Waals surface area contributed by atoms with Crippen LogP contribution in [0.1, 0.15) is 36.5 Å². The fourth-order valence-electron chi connectivity index (χ4n) is 3.56. The lowest BCUT2D eigenvalue weighted by Crippen LogP contribution is -2.29. The summed E-state index contributed by atoms with van der Waals surface area (Å²) in [7, 11) is 0. The van der Waals surface area contributed by atoms with Crippen molar-refractivity contribution in [1.82, 2.24) is 9.97 Å². The molecule has 1 amide bonds. The van der Waals surface area contributed by atoms with Gasteiger partial charge in [-0.3, -0.25) is 14.5 Å². The zero-order chi connectivity index (χ0) is 17.7. The number of hydrogen-bond acceptors (Lipinski definition) is 4. The number of aromatic amines is 1. The number of Topliss-reactive ketones (excluding diaryl/α,β-unsaturated/α-hetero) is 1. The molecule has 6 nitrogen and oxygen atoms in total. The van der Waals surface area contributed by atoms with Gasteiger partial charge >= 0.3 is 0 Å². The summed E-state index contributed by atoms with van der Waals surface area (Å²) in [6, 6.07) is 7.02. The van der Waals surface area contributed by atoms with Crippen molar-refractivity contribution < 1.29 is 14.0 Å². The van der Waals surface area contributed by atoms with Gasteiger partial charge in [0.1, 0.15) is 17.6 Å². The van der Waals surface area contributed by atoms with E-state index >= 15 is 0 Å². The lowest BCUT2D eigenvalue weighted by Gasteiger charge is -2.25. The summed E-state index contributed by atoms with van der Waals surface area (Å²) in [5.41, 5.74) is 3.32. The highest BCUT2D eigenvalue weighted by molar-refractivity contribution is 6.44. The Hall–Kier alpha value is -2.89. The van der Waals surface area contributed by atoms with Crippen LogP contribution >= 0.6 is 0 Å². The third kappa shape index (κ3) is 2.28. The molecule has 0 saturated carbocycles. The van der Waals surface area contributed by atoms with E-state index in [-0.39, 0.29) is 5.78 Å². The van der Waals surface area contributed by atoms with Crippen molar-refractivity contribution in [3.05, 3.63) is 47.7 Å². The predicted molar refractivity (Wildman–Crippen MR) is 93.3 cm³/mol. The van der Waals surface area contributed by atoms with E-state index in [0.717, 1.165) is 22.4 Å². The highest BCUT2D eigenvalue weighted by Crippen LogP contribution is 2.42. The van der Waals surface area contributed by atoms with Crippen molar-refractivity contribution >= 4 is 28.4 Å². The Balaban J connectivity index is 1.86. The van der Waals surface area contributed by atoms with E-state index in [1.165, 1.54) is 0 Å². The van der Waals surface area contributed by atoms with Crippen LogP contribution in [0.2, 0.25) is 0 Å². The predicted octanol–water partition coefficient (Wildman–Crippen LogP) is 3.46. The first-order valence-electron chi connectivity index (χ1n) is 8.38. The van der Waals surface area contributed by atoms with Crippen LogP contribution < -0.4 is 4.90 Å². The average Bonchev–Trinajstić information content (AvgIpc) is 3.25. The minimum absolute atomic E-state index is 0.357. The number of aryl methyl sites for hydroxylation is 2. The lowest BCUT2D eigenvalue weighted by molar-refractivity contribution is -0.135. The molecule has 1 aromatic carbocycles. The van der Waals surface area contributed by atoms with Crippen LogP contribution in [0.5, 0.6) is 0 Å². The lowest BCUT2D eigenvalue weighted by atomic mass is 9.94. The fraction of sp³-hybridized carbons (Fsp3) is 0.316. The van der Waals surface area contributed by atoms with Gasteiger partial charge in [0.05, 0.1) is 23.3 Å². The maximum Gasteiger partial charge on any atom is 0.295 e. The van der Waals surface area contributed by atoms with E-state index in [0.29, 0.717) is 17.9 Å². The number of fused-ring (bicyclic) bond motifs is 1. The van der Waals surface area contributed by atoms with E-state index in [1.54, 1.807) is 11.2 Å². The highest BCUT2D eigenvalue weighted by atomic mass is 16.3. The Labute approximate surface area is 144 Å². The molecular weight excluding hydrogens is 318 g/mol. The summed E-state index contributed by atoms with van der Waals surface area (Å²) < 4.78 is 5.88. The molecule has 0 aliphatic carbocycles. The van der Waals surface area contributed by atoms with Gasteiger partial charge < -0.3 is 9.40 Å². The van der Waals surface area contributed by atoms with E-state index in [1.807, 2.05) is 45.0 Å². The number of aromatic nitrogens is 2. The third-order valence-corrected chi connectivity index (χ3v) is 5.02. The number of amides is 1. The minimum Gasteiger partial charge on any atom is -0.464 e. The molecule has 2 aromatic heterocycles. The number of anilines is 1. The van der Waals surface area contributed by atoms with Gasteiger partial charge in [-0.15, -0.1) is 0 Å². The third-order valence-electron chi connectivity index (χ3n) is 5.02. The molecule has 1 aliphatic rings. The van der Waals surface area contributed by atoms with E-state index in [2.05, 4.69) is 9.97 Å². The van der Waals surface area contributed by atoms with E-state index in [4.69, 9.17) is 4.42 Å². The number of carbonyl (C=O) groups is 2. The minimum atomic E-state index is -0.484. The Bertz CT molecular complexity index is 965. The van der Waals surface area contributed by atoms with Crippen LogP contribution in [0.25, 0.3) is 11.0 Å². The van der Waals surface area contributed by atoms with Crippen molar-refractivity contribution in [1.29, 1.82) is 0 Å². The first-order chi connectivity index (χ1) is 12.0. The van der Waals surface area contributed by atoms with Crippen LogP contribution in [-0.4, -0.2) is 21.7 Å². The molecule has 0 bridgehead atoms. The van der Waals surface area contributed by atoms with Gasteiger partial charge in [-0.25, -0.2) is 4.98 Å². The molecular formula is C19H19N3O3. The molecule has 0 spiro atoms. The summed E-state index contributed by atoms with van der Waals surface area (Å²) in [5, 5.41) is 0. The largest absolute Gasteiger partial charge is 0.464 e. The van der Waals surface area contributed by atoms with Crippen LogP contribution in [0, 0.1) is 19.8 Å². The molecule has 2 unspecified atom stereocenters. The number of hydrogen-bond donors (Lipinski definition) is 1. The molecule has 1 fully saturated rings. The number of ketones is 1. The monoisotopic (exact) mass is 337 g/mol. The quantitative estimate of drug-likeness (QED) is 0.742. The number of benzene rings is 1. The Morgan fingerprint density at radius 1 is 1.24 bits per heavy atom. The van der Waals surface area contributed by atoms with Crippen molar-refractivity contribution in [2.45, 2.75) is 33.2 Å². The second-order valence-electron chi connectivity index (χ2n) is 6.49. The standard InChI is InChI=1S/C19H19N3O3/c1-4-13-17(16-7-10(2)11(3)25-16)22(19(24)18(13)23)12-5-6-14-15(8-12)21-9-20-14/h5-9,13,17H,4H2,1-3H3,(H,20,21). The SMILES string of the molecule is CCC1C(=O)C(=O)N(c2ccc3nc[nH]c3c2)C1c1cc(C)c(C)o1. The number of carbonyl (C=O) groups excluding carboxylic acids is 2. The normalized spacial score (nSPS) is 20.8. The second kappa shape index (κ2) is 5.58. The number of nitrogens with zero attached hydrogens (tertiary/aromatic N) is 2. The van der Waals surface area contributed by atoms with Crippen LogP contribution in [-0.2, 0) is 9.59 Å². The molecule has 128 valence electrons. The van der Waals surface area contributed by atoms with Gasteiger partial charge in [0.25, 0.3) is 5.91 Å². The Kier molecular flexibility index (Phi) is 3.49. The molecule has 3 heterocycles. The first kappa shape index (κ1) is 15.6. The summed E-state index contributed by atoms with van der Waals surface area (Å²) in [6.07, 6.45) is 2.19. The summed E-state index contributed by atoms with van der Waals surface area (Å²) in [6.45, 7) is 5.77. The maximum absolute atomic E-state index is 12.7. The molecule has 4 rings (SSSR count). The zero-order valence-corrected chi connectivity index (χ0v) is 14.4. The van der Waals surface area contributed by atoms with Crippen LogP contribution in [0.15, 0.2) is 35.0 Å². The summed E-state index contributed by atoms with van der Waals surface area (Å²) in [4.78, 5) is 34.1. The summed E-state index contributed by atoms with van der Waals surface area (Å²) >= 11 is 0. The van der Waals surface area contributed by atoms with Gasteiger partial charge in [-0.05, 0) is 50.1 Å². The molecule has 2 atom stereocenters. The number of furan rings is 1. The molecule has 25 heavy (non-hydrogen) atoms. The fourth-order valence-corrected chi connectivity index (χ4v) is 3.56. The van der Waals surface area contributed by atoms with Gasteiger partial charge in [-0.2, -0.15) is 0 Å². The molecule has 1 N–H and O–H groups in total. The van der Waals surface area contributed by atoms with E-state index in [9.17, 15) is 9.59 Å². The van der Waals surface area contributed by atoms with Crippen molar-refractivity contribution in [2.75, 3.05) is 4.90 Å². The number of imidazole rings is 1. The van der Waals surface area contributed by atoms with E-state index < -0.39 is 17.9 Å². The van der Waals surface area contributed by atoms with Crippen molar-refractivity contribution in [2.24, 2.45) is 5.92 Å². The number of H-pyrrole nitrogens is 1. The first-order valence-corrected chi connectivity index (χ1v) is 8.38. The highest BCUT2D eigenvalue weighted by Gasteiger charge is 2.49. The molecule has 0 radical (unpaired) electrons. The van der Waals surface area contributed by atoms with Gasteiger partial charge in [0, 0.05) is 5.69 Å². The van der Waals surface area contributed by atoms with Gasteiger partial charge in [0.15, 0.2) is 0 Å². The number of nitrogens with one attached hydrogen (secondary N) is 1. The van der Waals surface area contributed by atoms with Crippen molar-refractivity contribution in [3.8, 4) is 0 Å². The van der Waals surface area contributed by atoms with Crippen molar-refractivity contribution in [3.63, 3.8) is 0 Å². The average molecular weight is 337 g/mol. The topological polar surface area (TPSA) is 79.2 Å². The Morgan fingerprint density at radius 3 is 2.72 bits per heavy atom. The Morgan fingerprint density at radius 2 is 2.04 bits per heavy atom. The summed E-state index contributed by atoms with van der Waals surface area (Å²) in [5.74, 6) is 0.215. The number of rotatable bonds is 3. The maximum atomic E-state index is 12.7. The van der Waals surface area contributed by atoms with Gasteiger partial charge in [-0.1, -0.05) is 6.92 Å². The molecule has 1 saturated heterocycles. The molecule has 3 aromatic rings. The van der Waals surface area contributed by atoms with Gasteiger partial charge in [0.2, 0.25) is 5.78 Å². The van der Waals surface area contributed by atoms with Crippen LogP contribution in [0.3, 0.4) is 0 Å².